The molecule has 0 aliphatic heterocycles. The highest BCUT2D eigenvalue weighted by atomic mass is 16.4. The molecule has 0 bridgehead atoms. The molecule has 0 radical (unpaired) electrons. The summed E-state index contributed by atoms with van der Waals surface area (Å²) in [6.45, 7) is 6.62. The van der Waals surface area contributed by atoms with E-state index in [1.165, 1.54) is 13.8 Å². The average Bonchev–Trinajstić information content (AvgIpc) is 1.79. The van der Waals surface area contributed by atoms with Gasteiger partial charge in [-0.15, -0.1) is 0 Å². The quantitative estimate of drug-likeness (QED) is 0.571. The summed E-state index contributed by atoms with van der Waals surface area (Å²) in [5.74, 6) is -1.03. The molecule has 0 aromatic carbocycles. The van der Waals surface area contributed by atoms with Gasteiger partial charge in [-0.25, -0.2) is 0 Å². The summed E-state index contributed by atoms with van der Waals surface area (Å²) in [6.07, 6.45) is 0. The van der Waals surface area contributed by atoms with E-state index in [9.17, 15) is 9.90 Å². The third-order valence-electron chi connectivity index (χ3n) is 1.45. The van der Waals surface area contributed by atoms with Gasteiger partial charge < -0.3 is 10.2 Å². The van der Waals surface area contributed by atoms with E-state index in [0.717, 1.165) is 0 Å². The molecular weight excluding hydrogens is 158 g/mol. The molecule has 0 aromatic rings. The van der Waals surface area contributed by atoms with E-state index < -0.39 is 17.6 Å². The summed E-state index contributed by atoms with van der Waals surface area (Å²) < 4.78 is 0. The Morgan fingerprint density at radius 3 is 1.92 bits per heavy atom. The molecule has 0 saturated carbocycles. The van der Waals surface area contributed by atoms with Gasteiger partial charge in [0.2, 0.25) is 0 Å². The lowest BCUT2D eigenvalue weighted by Crippen LogP contribution is -2.54. The average molecular weight is 175 g/mol. The van der Waals surface area contributed by atoms with E-state index in [0.29, 0.717) is 0 Å². The maximum absolute atomic E-state index is 10.7. The van der Waals surface area contributed by atoms with Crippen LogP contribution in [0.4, 0.5) is 0 Å². The van der Waals surface area contributed by atoms with Crippen LogP contribution in [0.5, 0.6) is 0 Å². The molecule has 0 heterocycles. The third kappa shape index (κ3) is 3.69. The molecular formula is C8H17NO3. The summed E-state index contributed by atoms with van der Waals surface area (Å²) in [7, 11) is 0. The Bertz CT molecular complexity index is 160. The molecule has 0 aliphatic rings. The summed E-state index contributed by atoms with van der Waals surface area (Å²) in [6, 6.07) is -0.880. The van der Waals surface area contributed by atoms with Crippen LogP contribution in [0.15, 0.2) is 0 Å². The highest BCUT2D eigenvalue weighted by molar-refractivity contribution is 5.75. The Hall–Kier alpha value is -0.610. The fourth-order valence-corrected chi connectivity index (χ4v) is 0.911. The van der Waals surface area contributed by atoms with Gasteiger partial charge in [0, 0.05) is 6.04 Å². The number of carbonyl (C=O) groups is 1. The van der Waals surface area contributed by atoms with Gasteiger partial charge >= 0.3 is 5.97 Å². The summed E-state index contributed by atoms with van der Waals surface area (Å²) in [5, 5.41) is 21.0. The van der Waals surface area contributed by atoms with Gasteiger partial charge in [0.15, 0.2) is 0 Å². The topological polar surface area (TPSA) is 69.6 Å². The molecule has 12 heavy (non-hydrogen) atoms. The van der Waals surface area contributed by atoms with Crippen molar-refractivity contribution in [2.75, 3.05) is 0 Å². The molecule has 0 aromatic heterocycles. The molecule has 0 saturated heterocycles. The lowest BCUT2D eigenvalue weighted by atomic mass is 9.98. The molecule has 4 heteroatoms. The first-order valence-corrected chi connectivity index (χ1v) is 3.96. The molecule has 0 fully saturated rings. The van der Waals surface area contributed by atoms with Gasteiger partial charge in [0.1, 0.15) is 6.04 Å². The maximum atomic E-state index is 10.7. The van der Waals surface area contributed by atoms with E-state index in [-0.39, 0.29) is 6.04 Å². The van der Waals surface area contributed by atoms with Crippen LogP contribution in [0.2, 0.25) is 0 Å². The number of aliphatic carboxylic acids is 1. The van der Waals surface area contributed by atoms with Crippen molar-refractivity contribution in [2.45, 2.75) is 45.4 Å². The van der Waals surface area contributed by atoms with Gasteiger partial charge in [0.25, 0.3) is 0 Å². The van der Waals surface area contributed by atoms with Crippen LogP contribution < -0.4 is 5.32 Å². The number of hydrogen-bond acceptors (Lipinski definition) is 3. The largest absolute Gasteiger partial charge is 0.480 e. The van der Waals surface area contributed by atoms with Crippen molar-refractivity contribution in [1.29, 1.82) is 0 Å². The summed E-state index contributed by atoms with van der Waals surface area (Å²) in [4.78, 5) is 10.7. The van der Waals surface area contributed by atoms with E-state index in [4.69, 9.17) is 5.11 Å². The minimum atomic E-state index is -1.24. The molecule has 0 rings (SSSR count). The lowest BCUT2D eigenvalue weighted by Gasteiger charge is -2.28. The van der Waals surface area contributed by atoms with Crippen LogP contribution in [0.3, 0.4) is 0 Å². The van der Waals surface area contributed by atoms with Crippen molar-refractivity contribution in [3.8, 4) is 0 Å². The zero-order valence-electron chi connectivity index (χ0n) is 7.96. The van der Waals surface area contributed by atoms with Crippen molar-refractivity contribution >= 4 is 5.97 Å². The van der Waals surface area contributed by atoms with E-state index in [1.54, 1.807) is 0 Å². The molecule has 4 nitrogen and oxygen atoms in total. The maximum Gasteiger partial charge on any atom is 0.323 e. The van der Waals surface area contributed by atoms with Crippen LogP contribution in [-0.2, 0) is 4.79 Å². The Morgan fingerprint density at radius 1 is 1.42 bits per heavy atom. The first-order chi connectivity index (χ1) is 5.25. The minimum absolute atomic E-state index is 0.0394. The highest BCUT2D eigenvalue weighted by Crippen LogP contribution is 2.09. The number of carboxylic acids is 1. The Labute approximate surface area is 72.6 Å². The van der Waals surface area contributed by atoms with E-state index in [2.05, 4.69) is 5.32 Å². The van der Waals surface area contributed by atoms with Crippen LogP contribution in [0.1, 0.15) is 27.7 Å². The van der Waals surface area contributed by atoms with Gasteiger partial charge in [-0.1, -0.05) is 13.8 Å². The monoisotopic (exact) mass is 175 g/mol. The Kier molecular flexibility index (Phi) is 3.67. The zero-order valence-corrected chi connectivity index (χ0v) is 7.96. The van der Waals surface area contributed by atoms with Gasteiger partial charge in [-0.2, -0.15) is 0 Å². The second kappa shape index (κ2) is 3.87. The standard InChI is InChI=1S/C8H17NO3/c1-5(2)9-6(7(10)11)8(3,4)12/h5-6,9,12H,1-4H3,(H,10,11)/t6-/m0/s1. The zero-order chi connectivity index (χ0) is 9.94. The fraction of sp³-hybridized carbons (Fsp3) is 0.875. The first kappa shape index (κ1) is 11.4. The van der Waals surface area contributed by atoms with Gasteiger partial charge in [-0.05, 0) is 13.8 Å². The van der Waals surface area contributed by atoms with Crippen LogP contribution >= 0.6 is 0 Å². The Morgan fingerprint density at radius 2 is 1.83 bits per heavy atom. The van der Waals surface area contributed by atoms with Crippen molar-refractivity contribution in [3.05, 3.63) is 0 Å². The SMILES string of the molecule is CC(C)N[C@@H](C(=O)O)C(C)(C)O. The summed E-state index contributed by atoms with van der Waals surface area (Å²) >= 11 is 0. The van der Waals surface area contributed by atoms with E-state index >= 15 is 0 Å². The molecule has 1 atom stereocenters. The number of rotatable bonds is 4. The van der Waals surface area contributed by atoms with Crippen LogP contribution in [0, 0.1) is 0 Å². The number of nitrogens with one attached hydrogen (secondary N) is 1. The van der Waals surface area contributed by atoms with Gasteiger partial charge in [-0.3, -0.25) is 10.1 Å². The fourth-order valence-electron chi connectivity index (χ4n) is 0.911. The molecule has 72 valence electrons. The molecule has 0 aliphatic carbocycles. The lowest BCUT2D eigenvalue weighted by molar-refractivity contribution is -0.145. The van der Waals surface area contributed by atoms with Crippen LogP contribution in [0.25, 0.3) is 0 Å². The Balaban J connectivity index is 4.35. The molecule has 3 N–H and O–H groups in total. The minimum Gasteiger partial charge on any atom is -0.480 e. The third-order valence-corrected chi connectivity index (χ3v) is 1.45. The second-order valence-electron chi connectivity index (χ2n) is 3.75. The highest BCUT2D eigenvalue weighted by Gasteiger charge is 2.33. The van der Waals surface area contributed by atoms with E-state index in [1.807, 2.05) is 13.8 Å². The van der Waals surface area contributed by atoms with Crippen molar-refractivity contribution in [3.63, 3.8) is 0 Å². The number of carboxylic acid groups (broad SMARTS) is 1. The van der Waals surface area contributed by atoms with Gasteiger partial charge in [0.05, 0.1) is 5.60 Å². The van der Waals surface area contributed by atoms with Crippen molar-refractivity contribution < 1.29 is 15.0 Å². The normalized spacial score (nSPS) is 14.8. The molecule has 0 spiro atoms. The van der Waals surface area contributed by atoms with Crippen LogP contribution in [-0.4, -0.2) is 33.9 Å². The summed E-state index contributed by atoms with van der Waals surface area (Å²) in [5.41, 5.74) is -1.24. The number of aliphatic hydroxyl groups is 1. The predicted molar refractivity (Wildman–Crippen MR) is 46.0 cm³/mol. The van der Waals surface area contributed by atoms with Crippen molar-refractivity contribution in [2.24, 2.45) is 0 Å². The molecule has 0 amide bonds. The second-order valence-corrected chi connectivity index (χ2v) is 3.75. The molecule has 0 unspecified atom stereocenters. The predicted octanol–water partition coefficient (Wildman–Crippen LogP) is 0.208. The smallest absolute Gasteiger partial charge is 0.323 e. The van der Waals surface area contributed by atoms with Crippen molar-refractivity contribution in [1.82, 2.24) is 5.32 Å². The number of hydrogen-bond donors (Lipinski definition) is 3. The first-order valence-electron chi connectivity index (χ1n) is 3.96.